The fraction of sp³-hybridized carbons (Fsp3) is 0.273. The molecular formula is C11H13F3N2O3. The summed E-state index contributed by atoms with van der Waals surface area (Å²) >= 11 is 0. The predicted molar refractivity (Wildman–Crippen MR) is 62.6 cm³/mol. The molecule has 0 unspecified atom stereocenters. The van der Waals surface area contributed by atoms with Gasteiger partial charge in [0.1, 0.15) is 0 Å². The van der Waals surface area contributed by atoms with Crippen molar-refractivity contribution in [1.29, 1.82) is 0 Å². The molecule has 0 aromatic heterocycles. The van der Waals surface area contributed by atoms with E-state index in [1.807, 2.05) is 30.3 Å². The predicted octanol–water partition coefficient (Wildman–Crippen LogP) is 1.24. The van der Waals surface area contributed by atoms with Crippen molar-refractivity contribution in [2.24, 2.45) is 5.73 Å². The van der Waals surface area contributed by atoms with Crippen LogP contribution < -0.4 is 10.6 Å². The number of rotatable bonds is 2. The number of carboxylic acid groups (broad SMARTS) is 1. The van der Waals surface area contributed by atoms with E-state index in [-0.39, 0.29) is 12.5 Å². The maximum atomic E-state index is 11.1. The van der Waals surface area contributed by atoms with Gasteiger partial charge in [-0.3, -0.25) is 4.79 Å². The van der Waals surface area contributed by atoms with E-state index in [1.54, 1.807) is 11.9 Å². The third-order valence-electron chi connectivity index (χ3n) is 1.93. The molecule has 1 amide bonds. The highest BCUT2D eigenvalue weighted by Crippen LogP contribution is 2.13. The van der Waals surface area contributed by atoms with Gasteiger partial charge < -0.3 is 15.7 Å². The number of alkyl halides is 3. The first-order valence-corrected chi connectivity index (χ1v) is 5.02. The molecule has 0 aliphatic carbocycles. The molecule has 1 rings (SSSR count). The molecule has 0 bridgehead atoms. The van der Waals surface area contributed by atoms with E-state index < -0.39 is 12.1 Å². The maximum Gasteiger partial charge on any atom is 0.490 e. The molecule has 106 valence electrons. The second-order valence-corrected chi connectivity index (χ2v) is 3.30. The molecule has 1 aromatic carbocycles. The average Bonchev–Trinajstić information content (AvgIpc) is 2.37. The Labute approximate surface area is 107 Å². The number of para-hydroxylation sites is 1. The van der Waals surface area contributed by atoms with Crippen LogP contribution in [0.4, 0.5) is 18.9 Å². The number of likely N-dealkylation sites (N-methyl/N-ethyl adjacent to an activating group) is 1. The molecule has 0 aliphatic heterocycles. The van der Waals surface area contributed by atoms with Crippen LogP contribution in [0, 0.1) is 0 Å². The number of nitrogens with two attached hydrogens (primary N) is 1. The van der Waals surface area contributed by atoms with Crippen LogP contribution in [0.2, 0.25) is 0 Å². The zero-order valence-corrected chi connectivity index (χ0v) is 10.0. The molecule has 0 radical (unpaired) electrons. The summed E-state index contributed by atoms with van der Waals surface area (Å²) < 4.78 is 31.7. The van der Waals surface area contributed by atoms with Crippen molar-refractivity contribution < 1.29 is 27.9 Å². The Morgan fingerprint density at radius 1 is 1.26 bits per heavy atom. The van der Waals surface area contributed by atoms with Crippen molar-refractivity contribution in [3.8, 4) is 0 Å². The zero-order valence-electron chi connectivity index (χ0n) is 10.0. The van der Waals surface area contributed by atoms with Crippen LogP contribution >= 0.6 is 0 Å². The summed E-state index contributed by atoms with van der Waals surface area (Å²) in [5.74, 6) is -2.84. The van der Waals surface area contributed by atoms with Gasteiger partial charge in [0.15, 0.2) is 0 Å². The van der Waals surface area contributed by atoms with Gasteiger partial charge in [-0.25, -0.2) is 4.79 Å². The molecule has 0 aliphatic rings. The lowest BCUT2D eigenvalue weighted by Gasteiger charge is -2.15. The van der Waals surface area contributed by atoms with Gasteiger partial charge in [0, 0.05) is 12.7 Å². The number of carbonyl (C=O) groups is 2. The molecule has 3 N–H and O–H groups in total. The van der Waals surface area contributed by atoms with E-state index in [0.29, 0.717) is 0 Å². The summed E-state index contributed by atoms with van der Waals surface area (Å²) in [4.78, 5) is 21.6. The minimum absolute atomic E-state index is 0.0470. The number of hydrogen-bond acceptors (Lipinski definition) is 3. The molecule has 0 atom stereocenters. The molecule has 19 heavy (non-hydrogen) atoms. The fourth-order valence-electron chi connectivity index (χ4n) is 0.933. The van der Waals surface area contributed by atoms with Crippen molar-refractivity contribution in [3.63, 3.8) is 0 Å². The summed E-state index contributed by atoms with van der Waals surface area (Å²) in [5, 5.41) is 7.12. The first-order chi connectivity index (χ1) is 8.70. The van der Waals surface area contributed by atoms with Gasteiger partial charge >= 0.3 is 12.1 Å². The first-order valence-electron chi connectivity index (χ1n) is 5.02. The number of nitrogens with zero attached hydrogens (tertiary/aromatic N) is 1. The number of carbonyl (C=O) groups excluding carboxylic acids is 1. The third-order valence-corrected chi connectivity index (χ3v) is 1.93. The Bertz CT molecular complexity index is 421. The lowest BCUT2D eigenvalue weighted by molar-refractivity contribution is -0.192. The second-order valence-electron chi connectivity index (χ2n) is 3.30. The van der Waals surface area contributed by atoms with Gasteiger partial charge in [0.2, 0.25) is 5.91 Å². The van der Waals surface area contributed by atoms with Crippen molar-refractivity contribution in [3.05, 3.63) is 30.3 Å². The summed E-state index contributed by atoms with van der Waals surface area (Å²) in [6.45, 7) is 0.0470. The van der Waals surface area contributed by atoms with Crippen molar-refractivity contribution in [1.82, 2.24) is 0 Å². The number of amides is 1. The highest BCUT2D eigenvalue weighted by molar-refractivity contribution is 5.93. The highest BCUT2D eigenvalue weighted by atomic mass is 19.4. The van der Waals surface area contributed by atoms with Crippen LogP contribution in [0.1, 0.15) is 0 Å². The Balaban J connectivity index is 0.000000399. The Hall–Kier alpha value is -2.09. The number of anilines is 1. The van der Waals surface area contributed by atoms with E-state index >= 15 is 0 Å². The van der Waals surface area contributed by atoms with Crippen LogP contribution in [0.25, 0.3) is 0 Å². The molecule has 5 nitrogen and oxygen atoms in total. The van der Waals surface area contributed by atoms with E-state index in [4.69, 9.17) is 15.6 Å². The Kier molecular flexibility index (Phi) is 6.56. The van der Waals surface area contributed by atoms with Crippen LogP contribution in [0.3, 0.4) is 0 Å². The molecule has 0 heterocycles. The third kappa shape index (κ3) is 6.41. The lowest BCUT2D eigenvalue weighted by Crippen LogP contribution is -2.32. The molecular weight excluding hydrogens is 265 g/mol. The Morgan fingerprint density at radius 2 is 1.68 bits per heavy atom. The topological polar surface area (TPSA) is 83.6 Å². The molecule has 8 heteroatoms. The quantitative estimate of drug-likeness (QED) is 0.852. The van der Waals surface area contributed by atoms with Crippen LogP contribution in [-0.4, -0.2) is 36.8 Å². The standard InChI is InChI=1S/C9H12N2O.C2HF3O2/c1-11(9(12)7-10)8-5-3-2-4-6-8;3-2(4,5)1(6)7/h2-6H,7,10H2,1H3;(H,6,7). The van der Waals surface area contributed by atoms with E-state index in [2.05, 4.69) is 0 Å². The van der Waals surface area contributed by atoms with Gasteiger partial charge in [-0.2, -0.15) is 13.2 Å². The fourth-order valence-corrected chi connectivity index (χ4v) is 0.933. The minimum atomic E-state index is -5.08. The Morgan fingerprint density at radius 3 is 2.00 bits per heavy atom. The number of halogens is 3. The van der Waals surface area contributed by atoms with Crippen LogP contribution in [-0.2, 0) is 9.59 Å². The number of benzene rings is 1. The van der Waals surface area contributed by atoms with E-state index in [0.717, 1.165) is 5.69 Å². The average molecular weight is 278 g/mol. The number of carboxylic acids is 1. The first kappa shape index (κ1) is 16.9. The normalized spacial score (nSPS) is 10.2. The van der Waals surface area contributed by atoms with Gasteiger partial charge in [-0.15, -0.1) is 0 Å². The van der Waals surface area contributed by atoms with Gasteiger partial charge in [0.25, 0.3) is 0 Å². The van der Waals surface area contributed by atoms with Gasteiger partial charge in [-0.05, 0) is 12.1 Å². The lowest BCUT2D eigenvalue weighted by atomic mass is 10.3. The van der Waals surface area contributed by atoms with Gasteiger partial charge in [-0.1, -0.05) is 18.2 Å². The summed E-state index contributed by atoms with van der Waals surface area (Å²) in [6, 6.07) is 9.41. The van der Waals surface area contributed by atoms with E-state index in [1.165, 1.54) is 0 Å². The molecule has 1 aromatic rings. The van der Waals surface area contributed by atoms with Crippen molar-refractivity contribution in [2.45, 2.75) is 6.18 Å². The van der Waals surface area contributed by atoms with E-state index in [9.17, 15) is 18.0 Å². The monoisotopic (exact) mass is 278 g/mol. The largest absolute Gasteiger partial charge is 0.490 e. The van der Waals surface area contributed by atoms with Crippen molar-refractivity contribution >= 4 is 17.6 Å². The smallest absolute Gasteiger partial charge is 0.475 e. The van der Waals surface area contributed by atoms with Gasteiger partial charge in [0.05, 0.1) is 6.54 Å². The maximum absolute atomic E-state index is 11.1. The minimum Gasteiger partial charge on any atom is -0.475 e. The summed E-state index contributed by atoms with van der Waals surface area (Å²) in [6.07, 6.45) is -5.08. The second kappa shape index (κ2) is 7.37. The molecule has 0 spiro atoms. The zero-order chi connectivity index (χ0) is 15.1. The van der Waals surface area contributed by atoms with Crippen LogP contribution in [0.5, 0.6) is 0 Å². The SMILES string of the molecule is CN(C(=O)CN)c1ccccc1.O=C(O)C(F)(F)F. The highest BCUT2D eigenvalue weighted by Gasteiger charge is 2.38. The molecule has 0 fully saturated rings. The van der Waals surface area contributed by atoms with Crippen molar-refractivity contribution in [2.75, 3.05) is 18.5 Å². The number of aliphatic carboxylic acids is 1. The molecule has 0 saturated heterocycles. The summed E-state index contributed by atoms with van der Waals surface area (Å²) in [5.41, 5.74) is 6.09. The number of hydrogen-bond donors (Lipinski definition) is 2. The van der Waals surface area contributed by atoms with Crippen LogP contribution in [0.15, 0.2) is 30.3 Å². The summed E-state index contributed by atoms with van der Waals surface area (Å²) in [7, 11) is 1.71. The molecule has 0 saturated carbocycles.